The van der Waals surface area contributed by atoms with E-state index in [0.29, 0.717) is 12.1 Å². The van der Waals surface area contributed by atoms with E-state index >= 15 is 0 Å². The van der Waals surface area contributed by atoms with Crippen LogP contribution in [-0.2, 0) is 19.5 Å². The molecule has 1 N–H and O–H groups in total. The van der Waals surface area contributed by atoms with Crippen LogP contribution in [0.4, 0.5) is 0 Å². The smallest absolute Gasteiger partial charge is 0.253 e. The average molecular weight is 282 g/mol. The molecule has 1 amide bonds. The van der Waals surface area contributed by atoms with Crippen LogP contribution in [0.3, 0.4) is 0 Å². The number of nitrogens with zero attached hydrogens (tertiary/aromatic N) is 3. The fraction of sp³-hybridized carbons (Fsp3) is 0.312. The lowest BCUT2D eigenvalue weighted by Crippen LogP contribution is -2.30. The summed E-state index contributed by atoms with van der Waals surface area (Å²) >= 11 is 0. The number of aromatic nitrogens is 2. The number of hydrogen-bond donors (Lipinski definition) is 1. The highest BCUT2D eigenvalue weighted by Crippen LogP contribution is 2.20. The van der Waals surface area contributed by atoms with Crippen LogP contribution in [-0.4, -0.2) is 34.4 Å². The van der Waals surface area contributed by atoms with E-state index in [-0.39, 0.29) is 5.91 Å². The van der Waals surface area contributed by atoms with Gasteiger partial charge in [-0.3, -0.25) is 14.8 Å². The lowest BCUT2D eigenvalue weighted by Gasteiger charge is -2.26. The highest BCUT2D eigenvalue weighted by Gasteiger charge is 2.20. The van der Waals surface area contributed by atoms with E-state index in [1.165, 1.54) is 0 Å². The molecule has 1 aliphatic heterocycles. The summed E-state index contributed by atoms with van der Waals surface area (Å²) < 4.78 is 0. The zero-order chi connectivity index (χ0) is 14.7. The Hall–Kier alpha value is -2.27. The third kappa shape index (κ3) is 3.08. The minimum Gasteiger partial charge on any atom is -0.348 e. The van der Waals surface area contributed by atoms with E-state index in [4.69, 9.17) is 0 Å². The molecule has 1 aliphatic rings. The van der Waals surface area contributed by atoms with Crippen LogP contribution in [0, 0.1) is 0 Å². The molecule has 2 aromatic heterocycles. The highest BCUT2D eigenvalue weighted by molar-refractivity contribution is 5.95. The molecule has 108 valence electrons. The molecule has 3 rings (SSSR count). The number of likely N-dealkylation sites (N-methyl/N-ethyl adjacent to an activating group) is 1. The Bertz CT molecular complexity index is 642. The highest BCUT2D eigenvalue weighted by atomic mass is 16.1. The molecule has 0 fully saturated rings. The minimum absolute atomic E-state index is 0.0623. The minimum atomic E-state index is -0.0623. The van der Waals surface area contributed by atoms with Gasteiger partial charge in [0.2, 0.25) is 0 Å². The van der Waals surface area contributed by atoms with Gasteiger partial charge < -0.3 is 10.2 Å². The third-order valence-corrected chi connectivity index (χ3v) is 3.75. The van der Waals surface area contributed by atoms with Gasteiger partial charge in [0.25, 0.3) is 5.91 Å². The van der Waals surface area contributed by atoms with Gasteiger partial charge in [0.1, 0.15) is 0 Å². The average Bonchev–Trinajstić information content (AvgIpc) is 2.52. The summed E-state index contributed by atoms with van der Waals surface area (Å²) in [5.74, 6) is -0.0623. The third-order valence-electron chi connectivity index (χ3n) is 3.75. The zero-order valence-corrected chi connectivity index (χ0v) is 12.0. The van der Waals surface area contributed by atoms with Crippen molar-refractivity contribution in [2.45, 2.75) is 19.5 Å². The Morgan fingerprint density at radius 1 is 1.33 bits per heavy atom. The van der Waals surface area contributed by atoms with E-state index in [0.717, 1.165) is 36.2 Å². The van der Waals surface area contributed by atoms with Gasteiger partial charge in [0.15, 0.2) is 0 Å². The van der Waals surface area contributed by atoms with Crippen LogP contribution in [0.2, 0.25) is 0 Å². The van der Waals surface area contributed by atoms with Crippen molar-refractivity contribution in [1.82, 2.24) is 20.2 Å². The molecule has 0 radical (unpaired) electrons. The van der Waals surface area contributed by atoms with Crippen molar-refractivity contribution in [2.24, 2.45) is 0 Å². The van der Waals surface area contributed by atoms with Gasteiger partial charge in [-0.15, -0.1) is 0 Å². The van der Waals surface area contributed by atoms with Gasteiger partial charge >= 0.3 is 0 Å². The number of pyridine rings is 2. The van der Waals surface area contributed by atoms with Crippen LogP contribution >= 0.6 is 0 Å². The first-order valence-electron chi connectivity index (χ1n) is 7.05. The predicted molar refractivity (Wildman–Crippen MR) is 79.7 cm³/mol. The van der Waals surface area contributed by atoms with E-state index in [2.05, 4.69) is 27.2 Å². The van der Waals surface area contributed by atoms with Crippen LogP contribution in [0.15, 0.2) is 36.9 Å². The summed E-state index contributed by atoms with van der Waals surface area (Å²) in [6, 6.07) is 3.81. The Labute approximate surface area is 124 Å². The molecule has 3 heterocycles. The fourth-order valence-corrected chi connectivity index (χ4v) is 2.61. The normalized spacial score (nSPS) is 14.5. The maximum Gasteiger partial charge on any atom is 0.253 e. The van der Waals surface area contributed by atoms with Gasteiger partial charge in [0, 0.05) is 44.4 Å². The number of amides is 1. The zero-order valence-electron chi connectivity index (χ0n) is 12.0. The molecule has 0 saturated carbocycles. The van der Waals surface area contributed by atoms with Crippen LogP contribution in [0.5, 0.6) is 0 Å². The molecule has 0 aliphatic carbocycles. The number of carbonyl (C=O) groups excluding carboxylic acids is 1. The summed E-state index contributed by atoms with van der Waals surface area (Å²) in [6.45, 7) is 2.31. The summed E-state index contributed by atoms with van der Waals surface area (Å²) in [5, 5.41) is 2.94. The summed E-state index contributed by atoms with van der Waals surface area (Å²) in [4.78, 5) is 22.9. The van der Waals surface area contributed by atoms with E-state index < -0.39 is 0 Å². The van der Waals surface area contributed by atoms with Crippen molar-refractivity contribution in [2.75, 3.05) is 13.6 Å². The maximum absolute atomic E-state index is 12.4. The first-order valence-corrected chi connectivity index (χ1v) is 7.05. The number of nitrogens with one attached hydrogen (secondary N) is 1. The van der Waals surface area contributed by atoms with Crippen molar-refractivity contribution in [3.63, 3.8) is 0 Å². The van der Waals surface area contributed by atoms with Crippen molar-refractivity contribution in [3.05, 3.63) is 59.2 Å². The second kappa shape index (κ2) is 6.01. The van der Waals surface area contributed by atoms with Gasteiger partial charge in [-0.2, -0.15) is 0 Å². The number of carbonyl (C=O) groups is 1. The van der Waals surface area contributed by atoms with E-state index in [1.807, 2.05) is 18.3 Å². The second-order valence-electron chi connectivity index (χ2n) is 5.36. The Balaban J connectivity index is 1.75. The lowest BCUT2D eigenvalue weighted by atomic mass is 9.97. The van der Waals surface area contributed by atoms with Crippen molar-refractivity contribution in [3.8, 4) is 0 Å². The molecule has 0 spiro atoms. The predicted octanol–water partition coefficient (Wildman–Crippen LogP) is 1.39. The van der Waals surface area contributed by atoms with Crippen LogP contribution < -0.4 is 5.32 Å². The molecule has 0 aromatic carbocycles. The molecular formula is C16H18N4O. The number of hydrogen-bond acceptors (Lipinski definition) is 4. The summed E-state index contributed by atoms with van der Waals surface area (Å²) in [7, 11) is 2.08. The molecule has 21 heavy (non-hydrogen) atoms. The Morgan fingerprint density at radius 2 is 2.24 bits per heavy atom. The molecule has 0 atom stereocenters. The van der Waals surface area contributed by atoms with E-state index in [1.54, 1.807) is 18.6 Å². The van der Waals surface area contributed by atoms with Crippen molar-refractivity contribution < 1.29 is 4.79 Å². The van der Waals surface area contributed by atoms with Crippen molar-refractivity contribution >= 4 is 5.91 Å². The molecular weight excluding hydrogens is 264 g/mol. The van der Waals surface area contributed by atoms with Crippen molar-refractivity contribution in [1.29, 1.82) is 0 Å². The largest absolute Gasteiger partial charge is 0.348 e. The quantitative estimate of drug-likeness (QED) is 0.924. The Kier molecular flexibility index (Phi) is 3.92. The van der Waals surface area contributed by atoms with Gasteiger partial charge in [-0.05, 0) is 36.2 Å². The molecule has 0 unspecified atom stereocenters. The van der Waals surface area contributed by atoms with E-state index in [9.17, 15) is 4.79 Å². The first-order chi connectivity index (χ1) is 10.2. The lowest BCUT2D eigenvalue weighted by molar-refractivity contribution is 0.0948. The molecule has 0 saturated heterocycles. The van der Waals surface area contributed by atoms with Gasteiger partial charge in [-0.1, -0.05) is 6.07 Å². The molecule has 2 aromatic rings. The standard InChI is InChI=1S/C16H18N4O/c1-20-6-4-14-13(11-20)9-18-10-15(14)16(21)19-8-12-3-2-5-17-7-12/h2-3,5,7,9-10H,4,6,8,11H2,1H3,(H,19,21). The summed E-state index contributed by atoms with van der Waals surface area (Å²) in [5.41, 5.74) is 3.97. The fourth-order valence-electron chi connectivity index (χ4n) is 2.61. The molecule has 5 nitrogen and oxygen atoms in total. The molecule has 0 bridgehead atoms. The number of rotatable bonds is 3. The van der Waals surface area contributed by atoms with Gasteiger partial charge in [-0.25, -0.2) is 0 Å². The summed E-state index contributed by atoms with van der Waals surface area (Å²) in [6.07, 6.45) is 7.91. The number of fused-ring (bicyclic) bond motifs is 1. The first kappa shape index (κ1) is 13.7. The van der Waals surface area contributed by atoms with Crippen LogP contribution in [0.25, 0.3) is 0 Å². The SMILES string of the molecule is CN1CCc2c(cncc2C(=O)NCc2cccnc2)C1. The second-order valence-corrected chi connectivity index (χ2v) is 5.36. The monoisotopic (exact) mass is 282 g/mol. The van der Waals surface area contributed by atoms with Crippen LogP contribution in [0.1, 0.15) is 27.0 Å². The maximum atomic E-state index is 12.4. The Morgan fingerprint density at radius 3 is 3.05 bits per heavy atom. The molecule has 5 heteroatoms. The topological polar surface area (TPSA) is 58.1 Å². The van der Waals surface area contributed by atoms with Gasteiger partial charge in [0.05, 0.1) is 5.56 Å².